The number of benzene rings is 1. The van der Waals surface area contributed by atoms with Gasteiger partial charge in [-0.15, -0.1) is 0 Å². The molecule has 0 aliphatic heterocycles. The lowest BCUT2D eigenvalue weighted by Crippen LogP contribution is -2.31. The van der Waals surface area contributed by atoms with E-state index in [1.165, 1.54) is 0 Å². The van der Waals surface area contributed by atoms with Crippen molar-refractivity contribution in [1.29, 1.82) is 0 Å². The van der Waals surface area contributed by atoms with Crippen LogP contribution < -0.4 is 20.5 Å². The fourth-order valence-corrected chi connectivity index (χ4v) is 3.19. The summed E-state index contributed by atoms with van der Waals surface area (Å²) in [6, 6.07) is 11.2. The predicted molar refractivity (Wildman–Crippen MR) is 99.1 cm³/mol. The van der Waals surface area contributed by atoms with Crippen molar-refractivity contribution in [3.05, 3.63) is 48.2 Å². The zero-order chi connectivity index (χ0) is 18.4. The number of aromatic nitrogens is 1. The Kier molecular flexibility index (Phi) is 6.07. The third-order valence-corrected chi connectivity index (χ3v) is 4.72. The standard InChI is InChI=1S/C20H25N3O3/c1-25-16-5-3-6-17(11-16)26-20-9-8-14(13-23-20)12-22-19(24)10-15-4-2-7-18(15)21/h3,5-6,8-9,11,13,15,18H,2,4,7,10,12,21H2,1H3,(H,22,24)/t15-,18+/m0/s1. The Hall–Kier alpha value is -2.60. The minimum atomic E-state index is 0.0454. The Balaban J connectivity index is 1.48. The second kappa shape index (κ2) is 8.67. The Bertz CT molecular complexity index is 733. The molecule has 1 aliphatic carbocycles. The highest BCUT2D eigenvalue weighted by Crippen LogP contribution is 2.27. The Morgan fingerprint density at radius 1 is 1.27 bits per heavy atom. The van der Waals surface area contributed by atoms with Crippen molar-refractivity contribution in [1.82, 2.24) is 10.3 Å². The molecule has 1 fully saturated rings. The molecular formula is C20H25N3O3. The molecule has 1 saturated carbocycles. The van der Waals surface area contributed by atoms with Gasteiger partial charge in [0.1, 0.15) is 11.5 Å². The zero-order valence-electron chi connectivity index (χ0n) is 15.0. The SMILES string of the molecule is COc1cccc(Oc2ccc(CNC(=O)C[C@@H]3CCC[C@H]3N)cn2)c1. The van der Waals surface area contributed by atoms with Crippen molar-refractivity contribution in [2.45, 2.75) is 38.3 Å². The third kappa shape index (κ3) is 4.95. The van der Waals surface area contributed by atoms with Gasteiger partial charge in [-0.2, -0.15) is 0 Å². The van der Waals surface area contributed by atoms with E-state index in [9.17, 15) is 4.79 Å². The Morgan fingerprint density at radius 2 is 2.12 bits per heavy atom. The van der Waals surface area contributed by atoms with Gasteiger partial charge in [0, 0.05) is 37.3 Å². The molecule has 1 aliphatic rings. The van der Waals surface area contributed by atoms with E-state index in [1.54, 1.807) is 25.4 Å². The molecule has 2 atom stereocenters. The van der Waals surface area contributed by atoms with Gasteiger partial charge in [0.25, 0.3) is 0 Å². The van der Waals surface area contributed by atoms with Crippen molar-refractivity contribution in [2.24, 2.45) is 11.7 Å². The summed E-state index contributed by atoms with van der Waals surface area (Å²) < 4.78 is 10.9. The van der Waals surface area contributed by atoms with Crippen molar-refractivity contribution >= 4 is 5.91 Å². The summed E-state index contributed by atoms with van der Waals surface area (Å²) in [7, 11) is 1.61. The van der Waals surface area contributed by atoms with E-state index in [2.05, 4.69) is 10.3 Å². The van der Waals surface area contributed by atoms with Crippen LogP contribution in [0.3, 0.4) is 0 Å². The first-order valence-corrected chi connectivity index (χ1v) is 8.93. The summed E-state index contributed by atoms with van der Waals surface area (Å²) in [5, 5.41) is 2.94. The molecule has 2 aromatic rings. The minimum absolute atomic E-state index is 0.0454. The van der Waals surface area contributed by atoms with Crippen LogP contribution in [0, 0.1) is 5.92 Å². The normalized spacial score (nSPS) is 19.2. The highest BCUT2D eigenvalue weighted by Gasteiger charge is 2.25. The lowest BCUT2D eigenvalue weighted by Gasteiger charge is -2.14. The minimum Gasteiger partial charge on any atom is -0.497 e. The molecule has 26 heavy (non-hydrogen) atoms. The number of nitrogens with one attached hydrogen (secondary N) is 1. The summed E-state index contributed by atoms with van der Waals surface area (Å²) >= 11 is 0. The number of hydrogen-bond donors (Lipinski definition) is 2. The van der Waals surface area contributed by atoms with Gasteiger partial charge >= 0.3 is 0 Å². The zero-order valence-corrected chi connectivity index (χ0v) is 15.0. The van der Waals surface area contributed by atoms with Gasteiger partial charge in [0.05, 0.1) is 7.11 Å². The van der Waals surface area contributed by atoms with Gasteiger partial charge in [0.15, 0.2) is 0 Å². The van der Waals surface area contributed by atoms with Crippen molar-refractivity contribution in [3.8, 4) is 17.4 Å². The number of carbonyl (C=O) groups excluding carboxylic acids is 1. The van der Waals surface area contributed by atoms with Crippen LogP contribution in [-0.2, 0) is 11.3 Å². The van der Waals surface area contributed by atoms with Gasteiger partial charge in [-0.3, -0.25) is 4.79 Å². The van der Waals surface area contributed by atoms with Crippen LogP contribution in [0.4, 0.5) is 0 Å². The maximum atomic E-state index is 12.1. The number of ether oxygens (including phenoxy) is 2. The van der Waals surface area contributed by atoms with E-state index < -0.39 is 0 Å². The van der Waals surface area contributed by atoms with E-state index >= 15 is 0 Å². The number of amides is 1. The number of rotatable bonds is 7. The van der Waals surface area contributed by atoms with E-state index in [-0.39, 0.29) is 11.9 Å². The number of methoxy groups -OCH3 is 1. The highest BCUT2D eigenvalue weighted by atomic mass is 16.5. The monoisotopic (exact) mass is 355 g/mol. The average Bonchev–Trinajstić information content (AvgIpc) is 3.06. The van der Waals surface area contributed by atoms with Gasteiger partial charge in [-0.25, -0.2) is 4.98 Å². The summed E-state index contributed by atoms with van der Waals surface area (Å²) in [6.07, 6.45) is 5.41. The number of nitrogens with two attached hydrogens (primary N) is 1. The molecule has 3 N–H and O–H groups in total. The van der Waals surface area contributed by atoms with Crippen LogP contribution >= 0.6 is 0 Å². The van der Waals surface area contributed by atoms with E-state index in [0.29, 0.717) is 30.5 Å². The van der Waals surface area contributed by atoms with Crippen molar-refractivity contribution in [2.75, 3.05) is 7.11 Å². The molecule has 1 aromatic heterocycles. The van der Waals surface area contributed by atoms with Gasteiger partial charge in [-0.1, -0.05) is 18.6 Å². The summed E-state index contributed by atoms with van der Waals surface area (Å²) in [4.78, 5) is 16.4. The number of pyridine rings is 1. The van der Waals surface area contributed by atoms with Crippen LogP contribution in [0.1, 0.15) is 31.2 Å². The molecule has 0 bridgehead atoms. The fourth-order valence-electron chi connectivity index (χ4n) is 3.19. The van der Waals surface area contributed by atoms with E-state index in [4.69, 9.17) is 15.2 Å². The smallest absolute Gasteiger partial charge is 0.220 e. The molecule has 1 heterocycles. The molecular weight excluding hydrogens is 330 g/mol. The Labute approximate surface area is 153 Å². The third-order valence-electron chi connectivity index (χ3n) is 4.72. The fraction of sp³-hybridized carbons (Fsp3) is 0.400. The summed E-state index contributed by atoms with van der Waals surface area (Å²) in [5.74, 6) is 2.23. The lowest BCUT2D eigenvalue weighted by molar-refractivity contribution is -0.122. The molecule has 1 amide bonds. The summed E-state index contributed by atoms with van der Waals surface area (Å²) in [6.45, 7) is 0.452. The number of nitrogens with zero attached hydrogens (tertiary/aromatic N) is 1. The van der Waals surface area contributed by atoms with Gasteiger partial charge in [0.2, 0.25) is 11.8 Å². The molecule has 0 spiro atoms. The second-order valence-corrected chi connectivity index (χ2v) is 6.62. The first kappa shape index (κ1) is 18.2. The highest BCUT2D eigenvalue weighted by molar-refractivity contribution is 5.76. The van der Waals surface area contributed by atoms with E-state index in [0.717, 1.165) is 30.6 Å². The average molecular weight is 355 g/mol. The molecule has 138 valence electrons. The molecule has 0 radical (unpaired) electrons. The van der Waals surface area contributed by atoms with Crippen molar-refractivity contribution < 1.29 is 14.3 Å². The van der Waals surface area contributed by atoms with Crippen molar-refractivity contribution in [3.63, 3.8) is 0 Å². The first-order valence-electron chi connectivity index (χ1n) is 8.93. The Morgan fingerprint density at radius 3 is 2.81 bits per heavy atom. The first-order chi connectivity index (χ1) is 12.6. The molecule has 3 rings (SSSR count). The van der Waals surface area contributed by atoms with Crippen LogP contribution in [-0.4, -0.2) is 24.0 Å². The van der Waals surface area contributed by atoms with Crippen LogP contribution in [0.25, 0.3) is 0 Å². The maximum Gasteiger partial charge on any atom is 0.220 e. The molecule has 1 aromatic carbocycles. The topological polar surface area (TPSA) is 86.5 Å². The largest absolute Gasteiger partial charge is 0.497 e. The van der Waals surface area contributed by atoms with E-state index in [1.807, 2.05) is 24.3 Å². The van der Waals surface area contributed by atoms with Gasteiger partial charge < -0.3 is 20.5 Å². The van der Waals surface area contributed by atoms with Crippen LogP contribution in [0.15, 0.2) is 42.6 Å². The van der Waals surface area contributed by atoms with Crippen LogP contribution in [0.2, 0.25) is 0 Å². The maximum absolute atomic E-state index is 12.1. The second-order valence-electron chi connectivity index (χ2n) is 6.62. The molecule has 6 nitrogen and oxygen atoms in total. The number of carbonyl (C=O) groups is 1. The van der Waals surface area contributed by atoms with Gasteiger partial charge in [-0.05, 0) is 36.5 Å². The molecule has 6 heteroatoms. The lowest BCUT2D eigenvalue weighted by atomic mass is 10.00. The number of hydrogen-bond acceptors (Lipinski definition) is 5. The predicted octanol–water partition coefficient (Wildman–Crippen LogP) is 3.02. The summed E-state index contributed by atoms with van der Waals surface area (Å²) in [5.41, 5.74) is 6.94. The molecule has 0 unspecified atom stereocenters. The van der Waals surface area contributed by atoms with Crippen LogP contribution in [0.5, 0.6) is 17.4 Å². The molecule has 0 saturated heterocycles. The quantitative estimate of drug-likeness (QED) is 0.797.